The van der Waals surface area contributed by atoms with Crippen LogP contribution in [0.1, 0.15) is 12.1 Å². The molecule has 144 valence electrons. The number of ether oxygens (including phenoxy) is 1. The molecule has 3 aromatic rings. The van der Waals surface area contributed by atoms with E-state index in [-0.39, 0.29) is 24.8 Å². The van der Waals surface area contributed by atoms with Crippen LogP contribution in [0.4, 0.5) is 5.69 Å². The number of aromatic nitrogens is 1. The van der Waals surface area contributed by atoms with Gasteiger partial charge in [-0.05, 0) is 24.3 Å². The van der Waals surface area contributed by atoms with Crippen molar-refractivity contribution < 1.29 is 23.3 Å². The minimum absolute atomic E-state index is 0.0880. The number of hydrogen-bond donors (Lipinski definition) is 1. The monoisotopic (exact) mass is 381 g/mol. The normalized spacial score (nSPS) is 16.4. The Morgan fingerprint density at radius 3 is 2.96 bits per heavy atom. The molecule has 4 rings (SSSR count). The van der Waals surface area contributed by atoms with Crippen LogP contribution in [-0.2, 0) is 16.1 Å². The summed E-state index contributed by atoms with van der Waals surface area (Å²) in [6, 6.07) is 12.5. The third-order valence-electron chi connectivity index (χ3n) is 4.63. The number of nitrogens with one attached hydrogen (secondary N) is 1. The number of amides is 2. The summed E-state index contributed by atoms with van der Waals surface area (Å²) >= 11 is 0. The van der Waals surface area contributed by atoms with Gasteiger partial charge >= 0.3 is 0 Å². The van der Waals surface area contributed by atoms with E-state index in [4.69, 9.17) is 13.7 Å². The molecule has 1 N–H and O–H groups in total. The molecule has 3 heterocycles. The molecule has 8 nitrogen and oxygen atoms in total. The molecule has 1 aliphatic heterocycles. The van der Waals surface area contributed by atoms with Crippen molar-refractivity contribution in [3.8, 4) is 17.3 Å². The molecule has 1 aliphatic rings. The van der Waals surface area contributed by atoms with Gasteiger partial charge in [0.15, 0.2) is 5.76 Å². The summed E-state index contributed by atoms with van der Waals surface area (Å²) in [5.41, 5.74) is 1.30. The number of rotatable bonds is 6. The summed E-state index contributed by atoms with van der Waals surface area (Å²) in [6.45, 7) is 0.543. The van der Waals surface area contributed by atoms with Crippen LogP contribution in [0.25, 0.3) is 11.5 Å². The fourth-order valence-corrected chi connectivity index (χ4v) is 3.16. The Hall–Kier alpha value is -3.55. The molecule has 2 aromatic heterocycles. The van der Waals surface area contributed by atoms with E-state index in [0.29, 0.717) is 29.5 Å². The lowest BCUT2D eigenvalue weighted by Crippen LogP contribution is -2.32. The van der Waals surface area contributed by atoms with Gasteiger partial charge in [0.1, 0.15) is 11.4 Å². The standard InChI is InChI=1S/C20H19N3O5/c1-26-16-5-2-4-15(10-16)23-12-13(8-19(23)24)20(25)21-11-14-9-18(28-22-14)17-6-3-7-27-17/h2-7,9-10,13H,8,11-12H2,1H3,(H,21,25). The van der Waals surface area contributed by atoms with Gasteiger partial charge in [0, 0.05) is 30.8 Å². The zero-order chi connectivity index (χ0) is 19.5. The second-order valence-electron chi connectivity index (χ2n) is 6.48. The van der Waals surface area contributed by atoms with Crippen LogP contribution in [0.3, 0.4) is 0 Å². The molecule has 0 aliphatic carbocycles. The van der Waals surface area contributed by atoms with Crippen LogP contribution in [-0.4, -0.2) is 30.6 Å². The van der Waals surface area contributed by atoms with Crippen molar-refractivity contribution in [2.75, 3.05) is 18.6 Å². The highest BCUT2D eigenvalue weighted by Crippen LogP contribution is 2.28. The van der Waals surface area contributed by atoms with Crippen molar-refractivity contribution in [3.05, 3.63) is 54.4 Å². The Balaban J connectivity index is 1.36. The first-order chi connectivity index (χ1) is 13.6. The Bertz CT molecular complexity index is 979. The van der Waals surface area contributed by atoms with Gasteiger partial charge in [-0.15, -0.1) is 0 Å². The Kier molecular flexibility index (Phi) is 4.84. The maximum Gasteiger partial charge on any atom is 0.227 e. The number of furan rings is 1. The first kappa shape index (κ1) is 17.8. The molecule has 8 heteroatoms. The van der Waals surface area contributed by atoms with Crippen LogP contribution in [0.2, 0.25) is 0 Å². The van der Waals surface area contributed by atoms with Crippen molar-refractivity contribution >= 4 is 17.5 Å². The van der Waals surface area contributed by atoms with E-state index in [0.717, 1.165) is 5.69 Å². The van der Waals surface area contributed by atoms with Gasteiger partial charge in [0.05, 0.1) is 25.8 Å². The van der Waals surface area contributed by atoms with Gasteiger partial charge < -0.3 is 23.9 Å². The third-order valence-corrected chi connectivity index (χ3v) is 4.63. The Labute approximate surface area is 161 Å². The van der Waals surface area contributed by atoms with E-state index in [1.165, 1.54) is 0 Å². The highest BCUT2D eigenvalue weighted by molar-refractivity contribution is 6.00. The third kappa shape index (κ3) is 3.62. The minimum atomic E-state index is -0.421. The maximum atomic E-state index is 12.5. The van der Waals surface area contributed by atoms with E-state index in [1.54, 1.807) is 42.5 Å². The lowest BCUT2D eigenvalue weighted by atomic mass is 10.1. The SMILES string of the molecule is COc1cccc(N2CC(C(=O)NCc3cc(-c4ccco4)on3)CC2=O)c1. The second-order valence-corrected chi connectivity index (χ2v) is 6.48. The molecule has 1 fully saturated rings. The van der Waals surface area contributed by atoms with Gasteiger partial charge in [0.2, 0.25) is 17.6 Å². The van der Waals surface area contributed by atoms with Crippen molar-refractivity contribution in [3.63, 3.8) is 0 Å². The van der Waals surface area contributed by atoms with Crippen molar-refractivity contribution in [1.82, 2.24) is 10.5 Å². The fourth-order valence-electron chi connectivity index (χ4n) is 3.16. The molecule has 0 bridgehead atoms. The predicted molar refractivity (Wildman–Crippen MR) is 99.5 cm³/mol. The van der Waals surface area contributed by atoms with E-state index >= 15 is 0 Å². The van der Waals surface area contributed by atoms with Crippen LogP contribution in [0.15, 0.2) is 57.7 Å². The summed E-state index contributed by atoms with van der Waals surface area (Å²) in [7, 11) is 1.57. The van der Waals surface area contributed by atoms with E-state index in [2.05, 4.69) is 10.5 Å². The number of hydrogen-bond acceptors (Lipinski definition) is 6. The molecular formula is C20H19N3O5. The minimum Gasteiger partial charge on any atom is -0.497 e. The average molecular weight is 381 g/mol. The van der Waals surface area contributed by atoms with E-state index < -0.39 is 5.92 Å². The summed E-state index contributed by atoms with van der Waals surface area (Å²) in [6.07, 6.45) is 1.71. The number of methoxy groups -OCH3 is 1. The smallest absolute Gasteiger partial charge is 0.227 e. The van der Waals surface area contributed by atoms with Gasteiger partial charge in [0.25, 0.3) is 0 Å². The van der Waals surface area contributed by atoms with Crippen LogP contribution in [0.5, 0.6) is 5.75 Å². The number of nitrogens with zero attached hydrogens (tertiary/aromatic N) is 2. The molecular weight excluding hydrogens is 362 g/mol. The zero-order valence-electron chi connectivity index (χ0n) is 15.3. The summed E-state index contributed by atoms with van der Waals surface area (Å²) in [4.78, 5) is 26.5. The first-order valence-electron chi connectivity index (χ1n) is 8.85. The number of benzene rings is 1. The maximum absolute atomic E-state index is 12.5. The molecule has 28 heavy (non-hydrogen) atoms. The number of carbonyl (C=O) groups is 2. The molecule has 2 amide bonds. The number of anilines is 1. The number of carbonyl (C=O) groups excluding carboxylic acids is 2. The van der Waals surface area contributed by atoms with E-state index in [9.17, 15) is 9.59 Å². The van der Waals surface area contributed by atoms with Crippen LogP contribution < -0.4 is 15.0 Å². The molecule has 1 saturated heterocycles. The van der Waals surface area contributed by atoms with Gasteiger partial charge in [-0.1, -0.05) is 11.2 Å². The van der Waals surface area contributed by atoms with E-state index in [1.807, 2.05) is 18.2 Å². The van der Waals surface area contributed by atoms with Gasteiger partial charge in [-0.2, -0.15) is 0 Å². The largest absolute Gasteiger partial charge is 0.497 e. The van der Waals surface area contributed by atoms with Crippen LogP contribution in [0, 0.1) is 5.92 Å². The molecule has 1 unspecified atom stereocenters. The molecule has 1 atom stereocenters. The van der Waals surface area contributed by atoms with Crippen molar-refractivity contribution in [2.45, 2.75) is 13.0 Å². The molecule has 1 aromatic carbocycles. The van der Waals surface area contributed by atoms with Crippen molar-refractivity contribution in [2.24, 2.45) is 5.92 Å². The summed E-state index contributed by atoms with van der Waals surface area (Å²) < 4.78 is 15.7. The highest BCUT2D eigenvalue weighted by atomic mass is 16.5. The highest BCUT2D eigenvalue weighted by Gasteiger charge is 2.35. The first-order valence-corrected chi connectivity index (χ1v) is 8.85. The summed E-state index contributed by atoms with van der Waals surface area (Å²) in [5, 5.41) is 6.75. The molecule has 0 spiro atoms. The van der Waals surface area contributed by atoms with Gasteiger partial charge in [-0.25, -0.2) is 0 Å². The molecule has 0 radical (unpaired) electrons. The molecule has 0 saturated carbocycles. The predicted octanol–water partition coefficient (Wildman–Crippen LogP) is 2.61. The Morgan fingerprint density at radius 2 is 2.18 bits per heavy atom. The Morgan fingerprint density at radius 1 is 1.29 bits per heavy atom. The van der Waals surface area contributed by atoms with Gasteiger partial charge in [-0.3, -0.25) is 9.59 Å². The second kappa shape index (κ2) is 7.59. The van der Waals surface area contributed by atoms with Crippen LogP contribution >= 0.6 is 0 Å². The lowest BCUT2D eigenvalue weighted by Gasteiger charge is -2.17. The lowest BCUT2D eigenvalue weighted by molar-refractivity contribution is -0.126. The topological polar surface area (TPSA) is 97.8 Å². The fraction of sp³-hybridized carbons (Fsp3) is 0.250. The van der Waals surface area contributed by atoms with Crippen molar-refractivity contribution in [1.29, 1.82) is 0 Å². The summed E-state index contributed by atoms with van der Waals surface area (Å²) in [5.74, 6) is 1.03. The zero-order valence-corrected chi connectivity index (χ0v) is 15.3. The average Bonchev–Trinajstić information content (AvgIpc) is 3.46. The quantitative estimate of drug-likeness (QED) is 0.705.